The van der Waals surface area contributed by atoms with E-state index in [1.54, 1.807) is 37.4 Å². The fourth-order valence-corrected chi connectivity index (χ4v) is 1.68. The van der Waals surface area contributed by atoms with Crippen LogP contribution in [-0.4, -0.2) is 12.9 Å². The van der Waals surface area contributed by atoms with Crippen LogP contribution in [0.5, 0.6) is 17.2 Å². The largest absolute Gasteiger partial charge is 0.493 e. The SMILES string of the molecule is COc1ccccc1Oc1ccc(C(C)=O)cc1N. The Morgan fingerprint density at radius 3 is 2.32 bits per heavy atom. The Balaban J connectivity index is 2.31. The summed E-state index contributed by atoms with van der Waals surface area (Å²) >= 11 is 0. The number of Topliss-reactive ketones (excluding diaryl/α,β-unsaturated/α-hetero) is 1. The van der Waals surface area contributed by atoms with Gasteiger partial charge in [0.15, 0.2) is 23.0 Å². The van der Waals surface area contributed by atoms with Crippen molar-refractivity contribution in [3.63, 3.8) is 0 Å². The fourth-order valence-electron chi connectivity index (χ4n) is 1.68. The van der Waals surface area contributed by atoms with Crippen LogP contribution in [0.2, 0.25) is 0 Å². The molecule has 2 aromatic rings. The van der Waals surface area contributed by atoms with E-state index in [1.807, 2.05) is 12.1 Å². The van der Waals surface area contributed by atoms with Gasteiger partial charge in [0.25, 0.3) is 0 Å². The number of carbonyl (C=O) groups is 1. The third-order valence-electron chi connectivity index (χ3n) is 2.71. The van der Waals surface area contributed by atoms with Gasteiger partial charge in [-0.3, -0.25) is 4.79 Å². The lowest BCUT2D eigenvalue weighted by molar-refractivity contribution is 0.101. The summed E-state index contributed by atoms with van der Waals surface area (Å²) in [5.74, 6) is 1.66. The first-order chi connectivity index (χ1) is 9.11. The van der Waals surface area contributed by atoms with Crippen LogP contribution in [0, 0.1) is 0 Å². The van der Waals surface area contributed by atoms with Gasteiger partial charge in [0.05, 0.1) is 12.8 Å². The van der Waals surface area contributed by atoms with Crippen molar-refractivity contribution in [2.24, 2.45) is 0 Å². The van der Waals surface area contributed by atoms with Gasteiger partial charge in [-0.2, -0.15) is 0 Å². The summed E-state index contributed by atoms with van der Waals surface area (Å²) in [5.41, 5.74) is 6.86. The van der Waals surface area contributed by atoms with Gasteiger partial charge in [0, 0.05) is 5.56 Å². The summed E-state index contributed by atoms with van der Waals surface area (Å²) in [6, 6.07) is 12.3. The molecule has 2 rings (SSSR count). The average Bonchev–Trinajstić information content (AvgIpc) is 2.41. The summed E-state index contributed by atoms with van der Waals surface area (Å²) in [7, 11) is 1.57. The number of rotatable bonds is 4. The van der Waals surface area contributed by atoms with Crippen LogP contribution in [0.15, 0.2) is 42.5 Å². The number of carbonyl (C=O) groups excluding carboxylic acids is 1. The molecule has 4 nitrogen and oxygen atoms in total. The zero-order valence-electron chi connectivity index (χ0n) is 10.8. The molecular formula is C15H15NO3. The van der Waals surface area contributed by atoms with Crippen molar-refractivity contribution in [1.82, 2.24) is 0 Å². The summed E-state index contributed by atoms with van der Waals surface area (Å²) in [5, 5.41) is 0. The van der Waals surface area contributed by atoms with Crippen LogP contribution < -0.4 is 15.2 Å². The molecule has 4 heteroatoms. The van der Waals surface area contributed by atoms with Crippen molar-refractivity contribution in [3.8, 4) is 17.2 Å². The van der Waals surface area contributed by atoms with E-state index in [-0.39, 0.29) is 5.78 Å². The van der Waals surface area contributed by atoms with Gasteiger partial charge in [-0.1, -0.05) is 12.1 Å². The Hall–Kier alpha value is -2.49. The maximum atomic E-state index is 11.3. The van der Waals surface area contributed by atoms with Gasteiger partial charge >= 0.3 is 0 Å². The van der Waals surface area contributed by atoms with Crippen molar-refractivity contribution >= 4 is 11.5 Å². The highest BCUT2D eigenvalue weighted by molar-refractivity contribution is 5.95. The highest BCUT2D eigenvalue weighted by Crippen LogP contribution is 2.34. The summed E-state index contributed by atoms with van der Waals surface area (Å²) in [6.45, 7) is 1.50. The van der Waals surface area contributed by atoms with Crippen molar-refractivity contribution in [2.45, 2.75) is 6.92 Å². The Labute approximate surface area is 111 Å². The molecule has 0 aliphatic heterocycles. The smallest absolute Gasteiger partial charge is 0.169 e. The zero-order chi connectivity index (χ0) is 13.8. The molecule has 0 aliphatic carbocycles. The van der Waals surface area contributed by atoms with E-state index in [9.17, 15) is 4.79 Å². The first-order valence-corrected chi connectivity index (χ1v) is 5.83. The molecule has 0 heterocycles. The number of hydrogen-bond donors (Lipinski definition) is 1. The molecule has 0 atom stereocenters. The van der Waals surface area contributed by atoms with Gasteiger partial charge in [-0.05, 0) is 37.3 Å². The molecule has 2 N–H and O–H groups in total. The monoisotopic (exact) mass is 257 g/mol. The normalized spacial score (nSPS) is 10.0. The number of nitrogen functional groups attached to an aromatic ring is 1. The number of ether oxygens (including phenoxy) is 2. The number of anilines is 1. The summed E-state index contributed by atoms with van der Waals surface area (Å²) in [6.07, 6.45) is 0. The second kappa shape index (κ2) is 5.44. The first kappa shape index (κ1) is 13.0. The number of para-hydroxylation sites is 2. The zero-order valence-corrected chi connectivity index (χ0v) is 10.8. The molecule has 0 saturated heterocycles. The van der Waals surface area contributed by atoms with Crippen molar-refractivity contribution < 1.29 is 14.3 Å². The number of hydrogen-bond acceptors (Lipinski definition) is 4. The molecule has 0 aromatic heterocycles. The first-order valence-electron chi connectivity index (χ1n) is 5.83. The van der Waals surface area contributed by atoms with Crippen LogP contribution in [0.4, 0.5) is 5.69 Å². The standard InChI is InChI=1S/C15H15NO3/c1-10(17)11-7-8-13(12(16)9-11)19-15-6-4-3-5-14(15)18-2/h3-9H,16H2,1-2H3. The molecule has 0 aliphatic rings. The maximum Gasteiger partial charge on any atom is 0.169 e. The van der Waals surface area contributed by atoms with Crippen molar-refractivity contribution in [1.29, 1.82) is 0 Å². The van der Waals surface area contributed by atoms with Crippen LogP contribution in [-0.2, 0) is 0 Å². The van der Waals surface area contributed by atoms with E-state index in [2.05, 4.69) is 0 Å². The molecule has 0 saturated carbocycles. The number of nitrogens with two attached hydrogens (primary N) is 1. The second-order valence-electron chi connectivity index (χ2n) is 4.06. The lowest BCUT2D eigenvalue weighted by atomic mass is 10.1. The van der Waals surface area contributed by atoms with Gasteiger partial charge in [-0.15, -0.1) is 0 Å². The molecule has 0 spiro atoms. The molecular weight excluding hydrogens is 242 g/mol. The lowest BCUT2D eigenvalue weighted by Crippen LogP contribution is -1.98. The molecule has 0 bridgehead atoms. The van der Waals surface area contributed by atoms with E-state index >= 15 is 0 Å². The van der Waals surface area contributed by atoms with E-state index < -0.39 is 0 Å². The molecule has 0 unspecified atom stereocenters. The van der Waals surface area contributed by atoms with E-state index in [0.717, 1.165) is 0 Å². The van der Waals surface area contributed by atoms with E-state index in [0.29, 0.717) is 28.5 Å². The van der Waals surface area contributed by atoms with Crippen LogP contribution in [0.25, 0.3) is 0 Å². The maximum absolute atomic E-state index is 11.3. The highest BCUT2D eigenvalue weighted by Gasteiger charge is 2.09. The number of ketones is 1. The lowest BCUT2D eigenvalue weighted by Gasteiger charge is -2.12. The summed E-state index contributed by atoms with van der Waals surface area (Å²) < 4.78 is 10.9. The Bertz CT molecular complexity index is 608. The molecule has 0 fully saturated rings. The summed E-state index contributed by atoms with van der Waals surface area (Å²) in [4.78, 5) is 11.3. The third kappa shape index (κ3) is 2.85. The van der Waals surface area contributed by atoms with Gasteiger partial charge < -0.3 is 15.2 Å². The average molecular weight is 257 g/mol. The molecule has 0 amide bonds. The fraction of sp³-hybridized carbons (Fsp3) is 0.133. The third-order valence-corrected chi connectivity index (χ3v) is 2.71. The number of benzene rings is 2. The van der Waals surface area contributed by atoms with Crippen LogP contribution in [0.3, 0.4) is 0 Å². The predicted molar refractivity (Wildman–Crippen MR) is 73.9 cm³/mol. The molecule has 0 radical (unpaired) electrons. The minimum atomic E-state index is -0.0319. The Morgan fingerprint density at radius 1 is 1.05 bits per heavy atom. The van der Waals surface area contributed by atoms with Crippen LogP contribution in [0.1, 0.15) is 17.3 Å². The minimum absolute atomic E-state index is 0.0319. The van der Waals surface area contributed by atoms with Crippen molar-refractivity contribution in [2.75, 3.05) is 12.8 Å². The molecule has 19 heavy (non-hydrogen) atoms. The molecule has 2 aromatic carbocycles. The number of methoxy groups -OCH3 is 1. The van der Waals surface area contributed by atoms with E-state index in [1.165, 1.54) is 6.92 Å². The van der Waals surface area contributed by atoms with E-state index in [4.69, 9.17) is 15.2 Å². The van der Waals surface area contributed by atoms with Gasteiger partial charge in [0.2, 0.25) is 0 Å². The van der Waals surface area contributed by atoms with Gasteiger partial charge in [0.1, 0.15) is 0 Å². The highest BCUT2D eigenvalue weighted by atomic mass is 16.5. The minimum Gasteiger partial charge on any atom is -0.493 e. The Morgan fingerprint density at radius 2 is 1.74 bits per heavy atom. The van der Waals surface area contributed by atoms with Gasteiger partial charge in [-0.25, -0.2) is 0 Å². The molecule has 98 valence electrons. The quantitative estimate of drug-likeness (QED) is 0.674. The topological polar surface area (TPSA) is 61.5 Å². The predicted octanol–water partition coefficient (Wildman–Crippen LogP) is 3.27. The van der Waals surface area contributed by atoms with Crippen LogP contribution >= 0.6 is 0 Å². The van der Waals surface area contributed by atoms with Crippen molar-refractivity contribution in [3.05, 3.63) is 48.0 Å². The Kier molecular flexibility index (Phi) is 3.71. The second-order valence-corrected chi connectivity index (χ2v) is 4.06.